The van der Waals surface area contributed by atoms with Crippen molar-refractivity contribution in [2.24, 2.45) is 11.7 Å². The molecular weight excluding hydrogens is 188 g/mol. The molecule has 0 atom stereocenters. The molecule has 4 nitrogen and oxygen atoms in total. The molecule has 1 aliphatic carbocycles. The molecule has 0 aliphatic heterocycles. The van der Waals surface area contributed by atoms with Gasteiger partial charge >= 0.3 is 0 Å². The van der Waals surface area contributed by atoms with Crippen LogP contribution in [0.15, 0.2) is 0 Å². The SMILES string of the molecule is CC(C)S(=O)(=O)NC1CC(CN)C1. The van der Waals surface area contributed by atoms with E-state index >= 15 is 0 Å². The minimum Gasteiger partial charge on any atom is -0.330 e. The Morgan fingerprint density at radius 3 is 2.38 bits per heavy atom. The van der Waals surface area contributed by atoms with Gasteiger partial charge < -0.3 is 5.73 Å². The van der Waals surface area contributed by atoms with Gasteiger partial charge in [-0.3, -0.25) is 0 Å². The van der Waals surface area contributed by atoms with Gasteiger partial charge in [-0.15, -0.1) is 0 Å². The van der Waals surface area contributed by atoms with Crippen molar-refractivity contribution in [1.82, 2.24) is 4.72 Å². The molecular formula is C8H18N2O2S. The lowest BCUT2D eigenvalue weighted by Crippen LogP contribution is -2.48. The highest BCUT2D eigenvalue weighted by Crippen LogP contribution is 2.26. The molecule has 0 aromatic heterocycles. The number of nitrogens with two attached hydrogens (primary N) is 1. The minimum atomic E-state index is -3.08. The van der Waals surface area contributed by atoms with Crippen molar-refractivity contribution in [2.75, 3.05) is 6.54 Å². The molecule has 0 amide bonds. The van der Waals surface area contributed by atoms with Crippen LogP contribution in [0, 0.1) is 5.92 Å². The molecule has 0 aromatic carbocycles. The largest absolute Gasteiger partial charge is 0.330 e. The van der Waals surface area contributed by atoms with Crippen molar-refractivity contribution in [2.45, 2.75) is 38.0 Å². The van der Waals surface area contributed by atoms with Gasteiger partial charge in [0.15, 0.2) is 0 Å². The van der Waals surface area contributed by atoms with E-state index in [2.05, 4.69) is 4.72 Å². The van der Waals surface area contributed by atoms with E-state index < -0.39 is 10.0 Å². The van der Waals surface area contributed by atoms with Gasteiger partial charge in [-0.1, -0.05) is 0 Å². The average molecular weight is 206 g/mol. The van der Waals surface area contributed by atoms with Gasteiger partial charge in [-0.05, 0) is 39.2 Å². The normalized spacial score (nSPS) is 28.9. The van der Waals surface area contributed by atoms with Gasteiger partial charge in [0.2, 0.25) is 10.0 Å². The molecule has 1 rings (SSSR count). The zero-order chi connectivity index (χ0) is 10.1. The maximum absolute atomic E-state index is 11.4. The maximum atomic E-state index is 11.4. The molecule has 3 N–H and O–H groups in total. The van der Waals surface area contributed by atoms with Gasteiger partial charge in [0.05, 0.1) is 5.25 Å². The second-order valence-electron chi connectivity index (χ2n) is 3.98. The second kappa shape index (κ2) is 3.94. The van der Waals surface area contributed by atoms with E-state index in [4.69, 9.17) is 5.73 Å². The monoisotopic (exact) mass is 206 g/mol. The lowest BCUT2D eigenvalue weighted by molar-refractivity contribution is 0.255. The van der Waals surface area contributed by atoms with Gasteiger partial charge in [0.25, 0.3) is 0 Å². The summed E-state index contributed by atoms with van der Waals surface area (Å²) in [5, 5.41) is -0.343. The highest BCUT2D eigenvalue weighted by Gasteiger charge is 2.31. The average Bonchev–Trinajstić information content (AvgIpc) is 1.95. The molecule has 0 spiro atoms. The van der Waals surface area contributed by atoms with Crippen LogP contribution in [0.2, 0.25) is 0 Å². The first-order chi connectivity index (χ1) is 5.95. The zero-order valence-corrected chi connectivity index (χ0v) is 8.97. The van der Waals surface area contributed by atoms with E-state index in [1.54, 1.807) is 13.8 Å². The van der Waals surface area contributed by atoms with Crippen LogP contribution in [0.5, 0.6) is 0 Å². The third-order valence-corrected chi connectivity index (χ3v) is 4.42. The second-order valence-corrected chi connectivity index (χ2v) is 6.25. The molecule has 1 fully saturated rings. The third kappa shape index (κ3) is 2.65. The zero-order valence-electron chi connectivity index (χ0n) is 8.16. The summed E-state index contributed by atoms with van der Waals surface area (Å²) < 4.78 is 25.4. The number of sulfonamides is 1. The molecule has 0 bridgehead atoms. The molecule has 0 unspecified atom stereocenters. The van der Waals surface area contributed by atoms with E-state index in [9.17, 15) is 8.42 Å². The summed E-state index contributed by atoms with van der Waals surface area (Å²) in [6, 6.07) is 0.126. The Bertz CT molecular complexity index is 255. The van der Waals surface area contributed by atoms with E-state index in [1.165, 1.54) is 0 Å². The Kier molecular flexibility index (Phi) is 3.32. The van der Waals surface area contributed by atoms with Gasteiger partial charge in [-0.25, -0.2) is 13.1 Å². The van der Waals surface area contributed by atoms with Crippen LogP contribution >= 0.6 is 0 Å². The molecule has 1 aliphatic rings. The summed E-state index contributed by atoms with van der Waals surface area (Å²) in [5.41, 5.74) is 5.44. The van der Waals surface area contributed by atoms with Gasteiger partial charge in [-0.2, -0.15) is 0 Å². The van der Waals surface area contributed by atoms with Crippen molar-refractivity contribution in [3.63, 3.8) is 0 Å². The van der Waals surface area contributed by atoms with Crippen LogP contribution in [0.4, 0.5) is 0 Å². The van der Waals surface area contributed by atoms with E-state index in [0.29, 0.717) is 12.5 Å². The molecule has 0 saturated heterocycles. The van der Waals surface area contributed by atoms with Crippen molar-refractivity contribution < 1.29 is 8.42 Å². The Balaban J connectivity index is 2.36. The molecule has 5 heteroatoms. The van der Waals surface area contributed by atoms with Crippen LogP contribution in [0.25, 0.3) is 0 Å². The molecule has 0 heterocycles. The fraction of sp³-hybridized carbons (Fsp3) is 1.00. The Morgan fingerprint density at radius 2 is 2.00 bits per heavy atom. The fourth-order valence-corrected chi connectivity index (χ4v) is 2.32. The first-order valence-corrected chi connectivity index (χ1v) is 6.21. The summed E-state index contributed by atoms with van der Waals surface area (Å²) in [6.07, 6.45) is 1.78. The number of rotatable bonds is 4. The van der Waals surface area contributed by atoms with Crippen LogP contribution in [0.3, 0.4) is 0 Å². The summed E-state index contributed by atoms with van der Waals surface area (Å²) >= 11 is 0. The molecule has 78 valence electrons. The lowest BCUT2D eigenvalue weighted by Gasteiger charge is -2.35. The third-order valence-electron chi connectivity index (χ3n) is 2.52. The van der Waals surface area contributed by atoms with Crippen LogP contribution < -0.4 is 10.5 Å². The van der Waals surface area contributed by atoms with E-state index in [-0.39, 0.29) is 11.3 Å². The highest BCUT2D eigenvalue weighted by atomic mass is 32.2. The summed E-state index contributed by atoms with van der Waals surface area (Å²) in [7, 11) is -3.08. The number of hydrogen-bond donors (Lipinski definition) is 2. The molecule has 1 saturated carbocycles. The summed E-state index contributed by atoms with van der Waals surface area (Å²) in [6.45, 7) is 4.03. The van der Waals surface area contributed by atoms with Crippen molar-refractivity contribution in [3.05, 3.63) is 0 Å². The minimum absolute atomic E-state index is 0.126. The van der Waals surface area contributed by atoms with Gasteiger partial charge in [0.1, 0.15) is 0 Å². The Hall–Kier alpha value is -0.130. The number of nitrogens with one attached hydrogen (secondary N) is 1. The maximum Gasteiger partial charge on any atom is 0.214 e. The van der Waals surface area contributed by atoms with Crippen molar-refractivity contribution in [1.29, 1.82) is 0 Å². The van der Waals surface area contributed by atoms with Crippen LogP contribution in [-0.4, -0.2) is 26.3 Å². The highest BCUT2D eigenvalue weighted by molar-refractivity contribution is 7.90. The molecule has 0 radical (unpaired) electrons. The fourth-order valence-electron chi connectivity index (χ4n) is 1.39. The van der Waals surface area contributed by atoms with E-state index in [0.717, 1.165) is 12.8 Å². The predicted molar refractivity (Wildman–Crippen MR) is 52.8 cm³/mol. The Labute approximate surface area is 79.9 Å². The Morgan fingerprint density at radius 1 is 1.46 bits per heavy atom. The smallest absolute Gasteiger partial charge is 0.214 e. The van der Waals surface area contributed by atoms with Crippen LogP contribution in [0.1, 0.15) is 26.7 Å². The molecule has 0 aromatic rings. The van der Waals surface area contributed by atoms with E-state index in [1.807, 2.05) is 0 Å². The van der Waals surface area contributed by atoms with Gasteiger partial charge in [0, 0.05) is 6.04 Å². The quantitative estimate of drug-likeness (QED) is 0.683. The first kappa shape index (κ1) is 10.9. The predicted octanol–water partition coefficient (Wildman–Crippen LogP) is 0.0515. The van der Waals surface area contributed by atoms with Crippen LogP contribution in [-0.2, 0) is 10.0 Å². The molecule has 13 heavy (non-hydrogen) atoms. The van der Waals surface area contributed by atoms with Crippen molar-refractivity contribution >= 4 is 10.0 Å². The standard InChI is InChI=1S/C8H18N2O2S/c1-6(2)13(11,12)10-8-3-7(4-8)5-9/h6-8,10H,3-5,9H2,1-2H3. The summed E-state index contributed by atoms with van der Waals surface area (Å²) in [5.74, 6) is 0.514. The number of hydrogen-bond acceptors (Lipinski definition) is 3. The lowest BCUT2D eigenvalue weighted by atomic mass is 9.81. The summed E-state index contributed by atoms with van der Waals surface area (Å²) in [4.78, 5) is 0. The van der Waals surface area contributed by atoms with Crippen molar-refractivity contribution in [3.8, 4) is 0 Å². The first-order valence-electron chi connectivity index (χ1n) is 4.67. The topological polar surface area (TPSA) is 72.2 Å².